The smallest absolute Gasteiger partial charge is 0.303 e. The number of carboxylic acid groups (broad SMARTS) is 1. The van der Waals surface area contributed by atoms with Crippen LogP contribution in [0, 0.1) is 0 Å². The zero-order valence-corrected chi connectivity index (χ0v) is 17.4. The number of ether oxygens (including phenoxy) is 1. The third-order valence-corrected chi connectivity index (χ3v) is 7.99. The predicted molar refractivity (Wildman–Crippen MR) is 108 cm³/mol. The van der Waals surface area contributed by atoms with E-state index >= 15 is 0 Å². The van der Waals surface area contributed by atoms with E-state index in [9.17, 15) is 18.0 Å². The molecule has 2 aliphatic heterocycles. The highest BCUT2D eigenvalue weighted by Crippen LogP contribution is 2.42. The molecule has 1 aromatic rings. The summed E-state index contributed by atoms with van der Waals surface area (Å²) in [7, 11) is -1.68. The second kappa shape index (κ2) is 8.30. The SMILES string of the molecule is COc1ccc(N2C(=NC(=O)CCCC(=O)O)S[C@H]3CS(=O)(=O)C[C@H]32)cc1Cl. The molecular weight excluding hydrogens is 428 g/mol. The zero-order chi connectivity index (χ0) is 20.5. The minimum atomic E-state index is -3.17. The summed E-state index contributed by atoms with van der Waals surface area (Å²) in [6, 6.07) is 4.72. The van der Waals surface area contributed by atoms with E-state index < -0.39 is 21.7 Å². The first kappa shape index (κ1) is 20.9. The molecule has 0 aliphatic carbocycles. The summed E-state index contributed by atoms with van der Waals surface area (Å²) in [5.41, 5.74) is 0.625. The average Bonchev–Trinajstić information content (AvgIpc) is 3.05. The van der Waals surface area contributed by atoms with Crippen molar-refractivity contribution in [1.82, 2.24) is 0 Å². The number of halogens is 1. The summed E-state index contributed by atoms with van der Waals surface area (Å²) < 4.78 is 29.3. The number of nitrogens with zero attached hydrogens (tertiary/aromatic N) is 2. The maximum absolute atomic E-state index is 12.2. The van der Waals surface area contributed by atoms with Gasteiger partial charge in [0.25, 0.3) is 0 Å². The van der Waals surface area contributed by atoms with Gasteiger partial charge in [0.15, 0.2) is 15.0 Å². The van der Waals surface area contributed by atoms with E-state index in [2.05, 4.69) is 4.99 Å². The number of aliphatic imine (C=N–C) groups is 1. The molecule has 28 heavy (non-hydrogen) atoms. The van der Waals surface area contributed by atoms with E-state index in [1.807, 2.05) is 0 Å². The molecule has 11 heteroatoms. The normalized spacial score (nSPS) is 24.4. The predicted octanol–water partition coefficient (Wildman–Crippen LogP) is 2.20. The number of aliphatic carboxylic acids is 1. The summed E-state index contributed by atoms with van der Waals surface area (Å²) in [6.07, 6.45) is 0.109. The number of anilines is 1. The van der Waals surface area contributed by atoms with E-state index in [1.165, 1.54) is 18.9 Å². The van der Waals surface area contributed by atoms with Crippen LogP contribution in [0.4, 0.5) is 5.69 Å². The zero-order valence-electron chi connectivity index (χ0n) is 15.0. The molecule has 8 nitrogen and oxygen atoms in total. The quantitative estimate of drug-likeness (QED) is 0.707. The minimum Gasteiger partial charge on any atom is -0.495 e. The van der Waals surface area contributed by atoms with Gasteiger partial charge < -0.3 is 14.7 Å². The van der Waals surface area contributed by atoms with Crippen LogP contribution in [-0.2, 0) is 19.4 Å². The van der Waals surface area contributed by atoms with E-state index in [-0.39, 0.29) is 42.1 Å². The number of benzene rings is 1. The van der Waals surface area contributed by atoms with Gasteiger partial charge in [0, 0.05) is 23.8 Å². The van der Waals surface area contributed by atoms with Crippen molar-refractivity contribution in [3.8, 4) is 5.75 Å². The summed E-state index contributed by atoms with van der Waals surface area (Å²) in [4.78, 5) is 28.7. The maximum atomic E-state index is 12.2. The van der Waals surface area contributed by atoms with Crippen molar-refractivity contribution in [2.75, 3.05) is 23.5 Å². The van der Waals surface area contributed by atoms with Crippen molar-refractivity contribution in [2.24, 2.45) is 4.99 Å². The average molecular weight is 447 g/mol. The molecule has 2 aliphatic rings. The highest BCUT2D eigenvalue weighted by atomic mass is 35.5. The molecule has 2 heterocycles. The number of methoxy groups -OCH3 is 1. The Morgan fingerprint density at radius 1 is 1.36 bits per heavy atom. The number of carbonyl (C=O) groups excluding carboxylic acids is 1. The molecule has 1 N–H and O–H groups in total. The third kappa shape index (κ3) is 4.61. The molecule has 2 saturated heterocycles. The van der Waals surface area contributed by atoms with Crippen LogP contribution in [0.15, 0.2) is 23.2 Å². The standard InChI is InChI=1S/C17H19ClN2O6S2/c1-26-13-6-5-10(7-11(13)18)20-12-8-28(24,25)9-14(12)27-17(20)19-15(21)3-2-4-16(22)23/h5-7,12,14H,2-4,8-9H2,1H3,(H,22,23)/t12-,14+/m1/s1. The Labute approximate surface area is 171 Å². The number of carbonyl (C=O) groups is 2. The van der Waals surface area contributed by atoms with Gasteiger partial charge in [0.1, 0.15) is 5.75 Å². The first-order chi connectivity index (χ1) is 13.2. The highest BCUT2D eigenvalue weighted by Gasteiger charge is 2.49. The van der Waals surface area contributed by atoms with Crippen LogP contribution in [0.2, 0.25) is 5.02 Å². The van der Waals surface area contributed by atoms with Gasteiger partial charge in [-0.3, -0.25) is 9.59 Å². The molecule has 1 aromatic carbocycles. The van der Waals surface area contributed by atoms with Crippen molar-refractivity contribution >= 4 is 55.9 Å². The van der Waals surface area contributed by atoms with Crippen LogP contribution in [0.3, 0.4) is 0 Å². The van der Waals surface area contributed by atoms with Gasteiger partial charge >= 0.3 is 5.97 Å². The van der Waals surface area contributed by atoms with E-state index in [1.54, 1.807) is 23.1 Å². The fraction of sp³-hybridized carbons (Fsp3) is 0.471. The molecule has 0 spiro atoms. The van der Waals surface area contributed by atoms with Crippen molar-refractivity contribution in [3.63, 3.8) is 0 Å². The van der Waals surface area contributed by atoms with Crippen molar-refractivity contribution in [1.29, 1.82) is 0 Å². The Kier molecular flexibility index (Phi) is 6.21. The van der Waals surface area contributed by atoms with E-state index in [0.29, 0.717) is 21.6 Å². The molecule has 0 aromatic heterocycles. The molecule has 0 saturated carbocycles. The molecule has 152 valence electrons. The molecule has 0 unspecified atom stereocenters. The van der Waals surface area contributed by atoms with Gasteiger partial charge in [-0.15, -0.1) is 0 Å². The van der Waals surface area contributed by atoms with Crippen LogP contribution >= 0.6 is 23.4 Å². The molecule has 3 rings (SSSR count). The number of amidine groups is 1. The van der Waals surface area contributed by atoms with Gasteiger partial charge in [-0.25, -0.2) is 8.42 Å². The Balaban J connectivity index is 1.89. The van der Waals surface area contributed by atoms with Gasteiger partial charge in [0.05, 0.1) is 29.7 Å². The molecule has 2 atom stereocenters. The van der Waals surface area contributed by atoms with Crippen LogP contribution in [0.25, 0.3) is 0 Å². The van der Waals surface area contributed by atoms with Crippen LogP contribution < -0.4 is 9.64 Å². The summed E-state index contributed by atoms with van der Waals surface area (Å²) in [5, 5.41) is 9.23. The topological polar surface area (TPSA) is 113 Å². The van der Waals surface area contributed by atoms with Crippen molar-refractivity contribution < 1.29 is 27.9 Å². The summed E-state index contributed by atoms with van der Waals surface area (Å²) in [5.74, 6) is -0.924. The van der Waals surface area contributed by atoms with Crippen molar-refractivity contribution in [2.45, 2.75) is 30.6 Å². The number of hydrogen-bond donors (Lipinski definition) is 1. The Morgan fingerprint density at radius 3 is 2.75 bits per heavy atom. The lowest BCUT2D eigenvalue weighted by Gasteiger charge is -2.25. The fourth-order valence-corrected chi connectivity index (χ4v) is 7.41. The first-order valence-electron chi connectivity index (χ1n) is 8.53. The lowest BCUT2D eigenvalue weighted by molar-refractivity contribution is -0.137. The number of fused-ring (bicyclic) bond motifs is 1. The van der Waals surface area contributed by atoms with E-state index in [4.69, 9.17) is 21.4 Å². The summed E-state index contributed by atoms with van der Waals surface area (Å²) in [6.45, 7) is 0. The summed E-state index contributed by atoms with van der Waals surface area (Å²) >= 11 is 7.48. The van der Waals surface area contributed by atoms with Gasteiger partial charge in [-0.1, -0.05) is 23.4 Å². The van der Waals surface area contributed by atoms with Crippen LogP contribution in [0.1, 0.15) is 19.3 Å². The third-order valence-electron chi connectivity index (χ3n) is 4.48. The first-order valence-corrected chi connectivity index (χ1v) is 11.6. The molecule has 2 fully saturated rings. The number of thioether (sulfide) groups is 1. The number of sulfone groups is 1. The molecule has 0 bridgehead atoms. The van der Waals surface area contributed by atoms with Gasteiger partial charge in [-0.2, -0.15) is 4.99 Å². The Hall–Kier alpha value is -1.78. The fourth-order valence-electron chi connectivity index (χ4n) is 3.22. The molecular formula is C17H19ClN2O6S2. The second-order valence-corrected chi connectivity index (χ2v) is 10.3. The lowest BCUT2D eigenvalue weighted by atomic mass is 10.2. The number of hydrogen-bond acceptors (Lipinski definition) is 6. The lowest BCUT2D eigenvalue weighted by Crippen LogP contribution is -2.37. The van der Waals surface area contributed by atoms with Crippen molar-refractivity contribution in [3.05, 3.63) is 23.2 Å². The van der Waals surface area contributed by atoms with E-state index in [0.717, 1.165) is 0 Å². The van der Waals surface area contributed by atoms with Gasteiger partial charge in [-0.05, 0) is 24.6 Å². The Bertz CT molecular complexity index is 934. The van der Waals surface area contributed by atoms with Crippen LogP contribution in [0.5, 0.6) is 5.75 Å². The molecule has 0 radical (unpaired) electrons. The minimum absolute atomic E-state index is 0.0151. The second-order valence-electron chi connectivity index (χ2n) is 6.52. The largest absolute Gasteiger partial charge is 0.495 e. The number of carboxylic acids is 1. The molecule has 1 amide bonds. The maximum Gasteiger partial charge on any atom is 0.303 e. The number of amides is 1. The number of rotatable bonds is 6. The van der Waals surface area contributed by atoms with Crippen LogP contribution in [-0.4, -0.2) is 60.5 Å². The monoisotopic (exact) mass is 446 g/mol. The Morgan fingerprint density at radius 2 is 2.11 bits per heavy atom. The van der Waals surface area contributed by atoms with Gasteiger partial charge in [0.2, 0.25) is 5.91 Å². The highest BCUT2D eigenvalue weighted by molar-refractivity contribution is 8.16.